The number of imidazole rings is 1. The summed E-state index contributed by atoms with van der Waals surface area (Å²) >= 11 is 0. The molecule has 0 radical (unpaired) electrons. The van der Waals surface area contributed by atoms with Crippen molar-refractivity contribution in [3.8, 4) is 22.9 Å². The number of nitrogens with one attached hydrogen (secondary N) is 2. The minimum Gasteiger partial charge on any atom is -0.493 e. The van der Waals surface area contributed by atoms with Crippen molar-refractivity contribution in [2.45, 2.75) is 25.4 Å². The summed E-state index contributed by atoms with van der Waals surface area (Å²) in [5.41, 5.74) is 4.44. The van der Waals surface area contributed by atoms with Crippen LogP contribution < -0.4 is 24.8 Å². The van der Waals surface area contributed by atoms with E-state index in [-0.39, 0.29) is 6.04 Å². The second-order valence-electron chi connectivity index (χ2n) is 10.2. The number of piperidine rings is 1. The van der Waals surface area contributed by atoms with Crippen LogP contribution in [-0.2, 0) is 6.54 Å². The third kappa shape index (κ3) is 5.80. The van der Waals surface area contributed by atoms with Crippen molar-refractivity contribution in [1.29, 1.82) is 0 Å². The number of rotatable bonds is 10. The van der Waals surface area contributed by atoms with E-state index in [1.54, 1.807) is 27.7 Å². The van der Waals surface area contributed by atoms with Gasteiger partial charge in [0.05, 0.1) is 21.3 Å². The molecule has 2 aromatic heterocycles. The Kier molecular flexibility index (Phi) is 8.05. The summed E-state index contributed by atoms with van der Waals surface area (Å²) in [4.78, 5) is 17.0. The van der Waals surface area contributed by atoms with Crippen molar-refractivity contribution in [3.63, 3.8) is 0 Å². The Labute approximate surface area is 245 Å². The molecule has 216 valence electrons. The monoisotopic (exact) mass is 565 g/mol. The smallest absolute Gasteiger partial charge is 0.231 e. The van der Waals surface area contributed by atoms with Crippen molar-refractivity contribution in [3.05, 3.63) is 84.7 Å². The average Bonchev–Trinajstić information content (AvgIpc) is 3.47. The maximum Gasteiger partial charge on any atom is 0.231 e. The number of fused-ring (bicyclic) bond motifs is 1. The lowest BCUT2D eigenvalue weighted by Gasteiger charge is -2.32. The molecular weight excluding hydrogens is 530 g/mol. The Bertz CT molecular complexity index is 1610. The first-order valence-electron chi connectivity index (χ1n) is 14.1. The molecule has 1 fully saturated rings. The normalized spacial score (nSPS) is 14.1. The molecule has 2 N–H and O–H groups in total. The zero-order valence-corrected chi connectivity index (χ0v) is 24.1. The summed E-state index contributed by atoms with van der Waals surface area (Å²) in [6.45, 7) is 2.99. The molecule has 0 bridgehead atoms. The number of ether oxygens (including phenoxy) is 3. The number of nitrogens with zero attached hydrogens (tertiary/aromatic N) is 5. The lowest BCUT2D eigenvalue weighted by molar-refractivity contribution is 0.211. The Morgan fingerprint density at radius 3 is 2.14 bits per heavy atom. The number of aromatic nitrogens is 4. The van der Waals surface area contributed by atoms with E-state index in [1.807, 2.05) is 47.0 Å². The molecule has 1 saturated heterocycles. The Hall–Kier alpha value is -4.83. The van der Waals surface area contributed by atoms with Crippen molar-refractivity contribution < 1.29 is 14.2 Å². The van der Waals surface area contributed by atoms with Crippen LogP contribution in [0.5, 0.6) is 17.2 Å². The first kappa shape index (κ1) is 27.3. The van der Waals surface area contributed by atoms with Crippen molar-refractivity contribution in [2.24, 2.45) is 0 Å². The molecule has 0 unspecified atom stereocenters. The molecule has 0 spiro atoms. The van der Waals surface area contributed by atoms with Crippen LogP contribution in [0.4, 0.5) is 17.5 Å². The van der Waals surface area contributed by atoms with Gasteiger partial charge in [-0.05, 0) is 30.5 Å². The molecule has 6 rings (SSSR count). The average molecular weight is 566 g/mol. The highest BCUT2D eigenvalue weighted by atomic mass is 16.5. The summed E-state index contributed by atoms with van der Waals surface area (Å²) in [6.07, 6.45) is 3.81. The largest absolute Gasteiger partial charge is 0.493 e. The van der Waals surface area contributed by atoms with E-state index in [9.17, 15) is 0 Å². The first-order chi connectivity index (χ1) is 20.6. The van der Waals surface area contributed by atoms with E-state index in [0.29, 0.717) is 40.3 Å². The SMILES string of the molecule is COc1cc(Nc2nc(NC3CCN(Cc4ccccc4)CC3)c3ncn(-c4ccccc4)c3n2)cc(OC)c1OC. The molecule has 0 aliphatic carbocycles. The highest BCUT2D eigenvalue weighted by Gasteiger charge is 2.23. The van der Waals surface area contributed by atoms with Crippen LogP contribution in [0.1, 0.15) is 18.4 Å². The van der Waals surface area contributed by atoms with Crippen molar-refractivity contribution >= 4 is 28.6 Å². The van der Waals surface area contributed by atoms with E-state index in [4.69, 9.17) is 29.2 Å². The molecule has 3 aromatic carbocycles. The van der Waals surface area contributed by atoms with Crippen molar-refractivity contribution in [1.82, 2.24) is 24.4 Å². The van der Waals surface area contributed by atoms with E-state index in [2.05, 4.69) is 45.9 Å². The standard InChI is InChI=1S/C32H35N7O3/c1-40-26-18-24(19-27(41-2)29(26)42-3)35-32-36-30(28-31(37-32)39(21-33-28)25-12-8-5-9-13-25)34-23-14-16-38(17-15-23)20-22-10-6-4-7-11-22/h4-13,18-19,21,23H,14-17,20H2,1-3H3,(H2,34,35,36,37). The van der Waals surface area contributed by atoms with Gasteiger partial charge >= 0.3 is 0 Å². The fourth-order valence-electron chi connectivity index (χ4n) is 5.39. The lowest BCUT2D eigenvalue weighted by atomic mass is 10.0. The molecule has 0 atom stereocenters. The molecule has 10 heteroatoms. The van der Waals surface area contributed by atoms with Gasteiger partial charge in [0.15, 0.2) is 28.5 Å². The van der Waals surface area contributed by atoms with Crippen LogP contribution in [0.25, 0.3) is 16.9 Å². The van der Waals surface area contributed by atoms with E-state index >= 15 is 0 Å². The molecule has 0 amide bonds. The lowest BCUT2D eigenvalue weighted by Crippen LogP contribution is -2.38. The minimum atomic E-state index is 0.269. The Balaban J connectivity index is 1.30. The van der Waals surface area contributed by atoms with Gasteiger partial charge in [0.2, 0.25) is 11.7 Å². The van der Waals surface area contributed by atoms with E-state index in [0.717, 1.165) is 43.7 Å². The molecule has 3 heterocycles. The molecule has 5 aromatic rings. The number of methoxy groups -OCH3 is 3. The summed E-state index contributed by atoms with van der Waals surface area (Å²) < 4.78 is 18.6. The molecular formula is C32H35N7O3. The maximum absolute atomic E-state index is 5.55. The van der Waals surface area contributed by atoms with Gasteiger partial charge in [0.25, 0.3) is 0 Å². The molecule has 1 aliphatic rings. The quantitative estimate of drug-likeness (QED) is 0.222. The van der Waals surface area contributed by atoms with Gasteiger partial charge in [-0.1, -0.05) is 48.5 Å². The third-order valence-electron chi connectivity index (χ3n) is 7.53. The van der Waals surface area contributed by atoms with Gasteiger partial charge in [0, 0.05) is 49.2 Å². The highest BCUT2D eigenvalue weighted by Crippen LogP contribution is 2.40. The number of hydrogen-bond acceptors (Lipinski definition) is 9. The molecule has 42 heavy (non-hydrogen) atoms. The third-order valence-corrected chi connectivity index (χ3v) is 7.53. The predicted octanol–water partition coefficient (Wildman–Crippen LogP) is 5.66. The number of hydrogen-bond donors (Lipinski definition) is 2. The van der Waals surface area contributed by atoms with Crippen molar-refractivity contribution in [2.75, 3.05) is 45.1 Å². The Morgan fingerprint density at radius 1 is 0.833 bits per heavy atom. The van der Waals surface area contributed by atoms with Gasteiger partial charge in [-0.3, -0.25) is 9.47 Å². The topological polar surface area (TPSA) is 98.6 Å². The molecule has 0 saturated carbocycles. The van der Waals surface area contributed by atoms with Crippen LogP contribution in [0.15, 0.2) is 79.1 Å². The number of para-hydroxylation sites is 1. The number of likely N-dealkylation sites (tertiary alicyclic amines) is 1. The summed E-state index contributed by atoms with van der Waals surface area (Å²) in [7, 11) is 4.77. The van der Waals surface area contributed by atoms with Crippen LogP contribution in [0, 0.1) is 0 Å². The van der Waals surface area contributed by atoms with Crippen LogP contribution in [0.3, 0.4) is 0 Å². The molecule has 1 aliphatic heterocycles. The van der Waals surface area contributed by atoms with Crippen LogP contribution >= 0.6 is 0 Å². The second kappa shape index (κ2) is 12.4. The van der Waals surface area contributed by atoms with Crippen LogP contribution in [-0.4, -0.2) is 64.9 Å². The fraction of sp³-hybridized carbons (Fsp3) is 0.281. The van der Waals surface area contributed by atoms with Gasteiger partial charge in [-0.15, -0.1) is 0 Å². The fourth-order valence-corrected chi connectivity index (χ4v) is 5.39. The highest BCUT2D eigenvalue weighted by molar-refractivity contribution is 5.86. The van der Waals surface area contributed by atoms with Gasteiger partial charge in [-0.2, -0.15) is 9.97 Å². The zero-order valence-electron chi connectivity index (χ0n) is 24.1. The molecule has 10 nitrogen and oxygen atoms in total. The minimum absolute atomic E-state index is 0.269. The maximum atomic E-state index is 5.55. The predicted molar refractivity (Wildman–Crippen MR) is 164 cm³/mol. The first-order valence-corrected chi connectivity index (χ1v) is 14.1. The van der Waals surface area contributed by atoms with Gasteiger partial charge in [-0.25, -0.2) is 4.98 Å². The van der Waals surface area contributed by atoms with Gasteiger partial charge < -0.3 is 24.8 Å². The summed E-state index contributed by atoms with van der Waals surface area (Å²) in [5.74, 6) is 2.72. The summed E-state index contributed by atoms with van der Waals surface area (Å²) in [6, 6.07) is 24.6. The van der Waals surface area contributed by atoms with Gasteiger partial charge in [0.1, 0.15) is 6.33 Å². The zero-order chi connectivity index (χ0) is 28.9. The second-order valence-corrected chi connectivity index (χ2v) is 10.2. The van der Waals surface area contributed by atoms with E-state index in [1.165, 1.54) is 5.56 Å². The Morgan fingerprint density at radius 2 is 1.50 bits per heavy atom. The number of anilines is 3. The summed E-state index contributed by atoms with van der Waals surface area (Å²) in [5, 5.41) is 7.05. The van der Waals surface area contributed by atoms with Crippen LogP contribution in [0.2, 0.25) is 0 Å². The van der Waals surface area contributed by atoms with E-state index < -0.39 is 0 Å². The number of benzene rings is 3.